The molecule has 4 aromatic rings. The molecular weight excluding hydrogens is 448 g/mol. The van der Waals surface area contributed by atoms with Gasteiger partial charge in [-0.15, -0.1) is 0 Å². The van der Waals surface area contributed by atoms with Crippen molar-refractivity contribution in [3.63, 3.8) is 0 Å². The SMILES string of the molecule is C=C(C)C(=O)NCCCCCCNc1c2c(=O)[nH]c(=O)c2c(N)c2c(=O)c3ccccc3c(=O)c12. The second kappa shape index (κ2) is 9.54. The molecule has 180 valence electrons. The van der Waals surface area contributed by atoms with Crippen molar-refractivity contribution >= 4 is 49.6 Å². The summed E-state index contributed by atoms with van der Waals surface area (Å²) in [6.07, 6.45) is 3.19. The van der Waals surface area contributed by atoms with Crippen molar-refractivity contribution in [2.45, 2.75) is 32.6 Å². The monoisotopic (exact) mass is 474 g/mol. The number of nitrogens with one attached hydrogen (secondary N) is 3. The second-order valence-electron chi connectivity index (χ2n) is 8.65. The van der Waals surface area contributed by atoms with E-state index in [-0.39, 0.29) is 49.6 Å². The fourth-order valence-electron chi connectivity index (χ4n) is 4.42. The number of unbranched alkanes of at least 4 members (excludes halogenated alkanes) is 3. The zero-order chi connectivity index (χ0) is 25.3. The van der Waals surface area contributed by atoms with Gasteiger partial charge >= 0.3 is 0 Å². The highest BCUT2D eigenvalue weighted by atomic mass is 16.2. The summed E-state index contributed by atoms with van der Waals surface area (Å²) in [5, 5.41) is 6.25. The summed E-state index contributed by atoms with van der Waals surface area (Å²) in [6, 6.07) is 6.41. The molecule has 0 spiro atoms. The van der Waals surface area contributed by atoms with Crippen LogP contribution in [0.15, 0.2) is 55.6 Å². The minimum Gasteiger partial charge on any atom is -0.397 e. The van der Waals surface area contributed by atoms with Gasteiger partial charge in [-0.05, 0) is 19.8 Å². The third-order valence-electron chi connectivity index (χ3n) is 6.17. The van der Waals surface area contributed by atoms with Crippen molar-refractivity contribution < 1.29 is 4.79 Å². The van der Waals surface area contributed by atoms with E-state index in [1.54, 1.807) is 31.2 Å². The number of carbonyl (C=O) groups excluding carboxylic acids is 1. The van der Waals surface area contributed by atoms with Gasteiger partial charge in [0.05, 0.1) is 32.9 Å². The third-order valence-corrected chi connectivity index (χ3v) is 6.17. The highest BCUT2D eigenvalue weighted by Crippen LogP contribution is 2.33. The molecule has 5 N–H and O–H groups in total. The van der Waals surface area contributed by atoms with E-state index in [0.29, 0.717) is 25.1 Å². The molecule has 1 heterocycles. The van der Waals surface area contributed by atoms with Crippen LogP contribution >= 0.6 is 0 Å². The average molecular weight is 475 g/mol. The predicted octanol–water partition coefficient (Wildman–Crippen LogP) is 2.04. The molecule has 0 bridgehead atoms. The Hall–Kier alpha value is -4.27. The van der Waals surface area contributed by atoms with Crippen LogP contribution in [0.1, 0.15) is 32.6 Å². The molecule has 0 aliphatic carbocycles. The van der Waals surface area contributed by atoms with Crippen LogP contribution in [-0.2, 0) is 4.79 Å². The highest BCUT2D eigenvalue weighted by molar-refractivity contribution is 6.21. The fraction of sp³-hybridized carbons (Fsp3) is 0.269. The number of nitrogen functional groups attached to an aromatic ring is 1. The molecule has 0 unspecified atom stereocenters. The van der Waals surface area contributed by atoms with E-state index in [2.05, 4.69) is 22.2 Å². The van der Waals surface area contributed by atoms with Gasteiger partial charge in [0.2, 0.25) is 5.91 Å². The van der Waals surface area contributed by atoms with Crippen LogP contribution in [0.4, 0.5) is 11.4 Å². The molecule has 35 heavy (non-hydrogen) atoms. The number of hydrogen-bond donors (Lipinski definition) is 4. The Labute approximate surface area is 199 Å². The topological polar surface area (TPSA) is 151 Å². The van der Waals surface area contributed by atoms with Gasteiger partial charge in [0.15, 0.2) is 10.9 Å². The van der Waals surface area contributed by atoms with Gasteiger partial charge in [0.1, 0.15) is 0 Å². The van der Waals surface area contributed by atoms with Gasteiger partial charge in [0, 0.05) is 29.4 Å². The molecule has 9 nitrogen and oxygen atoms in total. The lowest BCUT2D eigenvalue weighted by atomic mass is 9.96. The first-order valence-electron chi connectivity index (χ1n) is 11.4. The fourth-order valence-corrected chi connectivity index (χ4v) is 4.42. The highest BCUT2D eigenvalue weighted by Gasteiger charge is 2.24. The van der Waals surface area contributed by atoms with E-state index in [4.69, 9.17) is 5.73 Å². The average Bonchev–Trinajstić information content (AvgIpc) is 3.13. The quantitative estimate of drug-likeness (QED) is 0.0952. The maximum absolute atomic E-state index is 13.4. The van der Waals surface area contributed by atoms with E-state index in [1.165, 1.54) is 0 Å². The van der Waals surface area contributed by atoms with E-state index in [1.807, 2.05) is 0 Å². The lowest BCUT2D eigenvalue weighted by Crippen LogP contribution is -2.24. The largest absolute Gasteiger partial charge is 0.397 e. The van der Waals surface area contributed by atoms with Crippen LogP contribution in [0.5, 0.6) is 0 Å². The summed E-state index contributed by atoms with van der Waals surface area (Å²) in [4.78, 5) is 65.5. The first kappa shape index (κ1) is 23.9. The Morgan fingerprint density at radius 2 is 1.43 bits per heavy atom. The number of rotatable bonds is 9. The third kappa shape index (κ3) is 4.21. The van der Waals surface area contributed by atoms with Crippen LogP contribution in [0, 0.1) is 0 Å². The standard InChI is InChI=1S/C26H26N4O5/c1-13(2)24(33)29-12-8-4-3-7-11-28-21-18-16(20(27)17-19(21)26(35)30-25(17)34)22(31)14-9-5-6-10-15(14)23(18)32/h5-6,9-10,28H,1,3-4,7-8,11-12,27H2,2H3,(H,29,33)(H,30,34,35). The number of fused-ring (bicyclic) bond motifs is 3. The predicted molar refractivity (Wildman–Crippen MR) is 140 cm³/mol. The number of nitrogens with two attached hydrogens (primary N) is 1. The summed E-state index contributed by atoms with van der Waals surface area (Å²) >= 11 is 0. The summed E-state index contributed by atoms with van der Waals surface area (Å²) < 4.78 is 0. The number of benzene rings is 3. The first-order valence-corrected chi connectivity index (χ1v) is 11.4. The lowest BCUT2D eigenvalue weighted by Gasteiger charge is -2.13. The number of anilines is 2. The Balaban J connectivity index is 1.66. The number of aromatic nitrogens is 1. The minimum absolute atomic E-state index is 0.00529. The van der Waals surface area contributed by atoms with Crippen LogP contribution in [0.3, 0.4) is 0 Å². The molecule has 1 amide bonds. The molecule has 0 saturated carbocycles. The van der Waals surface area contributed by atoms with Crippen molar-refractivity contribution in [1.29, 1.82) is 0 Å². The van der Waals surface area contributed by atoms with Crippen LogP contribution in [0.25, 0.3) is 32.3 Å². The van der Waals surface area contributed by atoms with E-state index < -0.39 is 22.0 Å². The van der Waals surface area contributed by atoms with Gasteiger partial charge in [-0.2, -0.15) is 0 Å². The number of carbonyl (C=O) groups is 1. The minimum atomic E-state index is -0.690. The zero-order valence-electron chi connectivity index (χ0n) is 19.4. The molecule has 0 atom stereocenters. The van der Waals surface area contributed by atoms with Crippen molar-refractivity contribution in [2.24, 2.45) is 0 Å². The molecule has 0 saturated heterocycles. The first-order chi connectivity index (χ1) is 16.7. The van der Waals surface area contributed by atoms with Crippen LogP contribution in [0.2, 0.25) is 0 Å². The molecule has 0 aliphatic heterocycles. The Bertz CT molecular complexity index is 1690. The second-order valence-corrected chi connectivity index (χ2v) is 8.65. The summed E-state index contributed by atoms with van der Waals surface area (Å²) in [5.41, 5.74) is 4.44. The molecule has 3 aromatic carbocycles. The normalized spacial score (nSPS) is 11.3. The van der Waals surface area contributed by atoms with Crippen LogP contribution in [-0.4, -0.2) is 24.0 Å². The number of amides is 1. The van der Waals surface area contributed by atoms with Gasteiger partial charge in [-0.3, -0.25) is 29.0 Å². The van der Waals surface area contributed by atoms with Crippen molar-refractivity contribution in [1.82, 2.24) is 10.3 Å². The van der Waals surface area contributed by atoms with Gasteiger partial charge in [-0.25, -0.2) is 0 Å². The van der Waals surface area contributed by atoms with Gasteiger partial charge in [-0.1, -0.05) is 43.7 Å². The zero-order valence-corrected chi connectivity index (χ0v) is 19.4. The molecule has 0 radical (unpaired) electrons. The van der Waals surface area contributed by atoms with Crippen molar-refractivity contribution in [3.05, 3.63) is 77.6 Å². The summed E-state index contributed by atoms with van der Waals surface area (Å²) in [6.45, 7) is 6.21. The van der Waals surface area contributed by atoms with Gasteiger partial charge < -0.3 is 16.4 Å². The molecule has 0 aliphatic rings. The Kier molecular flexibility index (Phi) is 6.50. The number of H-pyrrole nitrogens is 1. The maximum atomic E-state index is 13.4. The maximum Gasteiger partial charge on any atom is 0.261 e. The molecule has 1 aromatic heterocycles. The number of aromatic amines is 1. The Morgan fingerprint density at radius 1 is 0.857 bits per heavy atom. The van der Waals surface area contributed by atoms with Gasteiger partial charge in [0.25, 0.3) is 11.1 Å². The van der Waals surface area contributed by atoms with Crippen molar-refractivity contribution in [3.8, 4) is 0 Å². The summed E-state index contributed by atoms with van der Waals surface area (Å²) in [7, 11) is 0. The summed E-state index contributed by atoms with van der Waals surface area (Å²) in [5.74, 6) is -0.165. The molecule has 4 rings (SSSR count). The lowest BCUT2D eigenvalue weighted by molar-refractivity contribution is -0.117. The van der Waals surface area contributed by atoms with E-state index in [0.717, 1.165) is 19.3 Å². The van der Waals surface area contributed by atoms with Crippen LogP contribution < -0.4 is 38.3 Å². The molecule has 9 heteroatoms. The Morgan fingerprint density at radius 3 is 2.06 bits per heavy atom. The smallest absolute Gasteiger partial charge is 0.261 e. The number of hydrogen-bond acceptors (Lipinski definition) is 7. The van der Waals surface area contributed by atoms with E-state index >= 15 is 0 Å². The molecular formula is C26H26N4O5. The van der Waals surface area contributed by atoms with E-state index in [9.17, 15) is 24.0 Å². The van der Waals surface area contributed by atoms with Crippen molar-refractivity contribution in [2.75, 3.05) is 24.1 Å². The molecule has 0 fully saturated rings.